The third kappa shape index (κ3) is 2.98. The Balaban J connectivity index is 2.88. The van der Waals surface area contributed by atoms with Crippen molar-refractivity contribution in [3.8, 4) is 0 Å². The minimum absolute atomic E-state index is 0.0879. The highest BCUT2D eigenvalue weighted by atomic mass is 35.5. The van der Waals surface area contributed by atoms with E-state index in [4.69, 9.17) is 11.6 Å². The maximum Gasteiger partial charge on any atom is 0.126 e. The molecule has 0 spiro atoms. The molecule has 0 aliphatic heterocycles. The van der Waals surface area contributed by atoms with Crippen LogP contribution in [0.5, 0.6) is 0 Å². The molecule has 0 nitrogen and oxygen atoms in total. The Hall–Kier alpha value is -0.560. The van der Waals surface area contributed by atoms with Gasteiger partial charge in [-0.2, -0.15) is 0 Å². The fourth-order valence-electron chi connectivity index (χ4n) is 1.65. The van der Waals surface area contributed by atoms with Crippen LogP contribution in [-0.2, 0) is 0 Å². The van der Waals surface area contributed by atoms with Crippen molar-refractivity contribution in [1.29, 1.82) is 0 Å². The van der Waals surface area contributed by atoms with Crippen LogP contribution >= 0.6 is 11.6 Å². The van der Waals surface area contributed by atoms with Gasteiger partial charge in [-0.15, -0.1) is 11.6 Å². The SMILES string of the molecule is Cc1ccc(F)c(C(C)CC(C)Cl)c1. The molecule has 1 rings (SSSR count). The monoisotopic (exact) mass is 214 g/mol. The molecular weight excluding hydrogens is 199 g/mol. The van der Waals surface area contributed by atoms with E-state index in [0.717, 1.165) is 17.5 Å². The van der Waals surface area contributed by atoms with Crippen molar-refractivity contribution in [2.75, 3.05) is 0 Å². The second kappa shape index (κ2) is 4.79. The lowest BCUT2D eigenvalue weighted by Gasteiger charge is -2.14. The molecule has 0 fully saturated rings. The van der Waals surface area contributed by atoms with Gasteiger partial charge in [0.2, 0.25) is 0 Å². The predicted molar refractivity (Wildman–Crippen MR) is 59.5 cm³/mol. The number of alkyl halides is 1. The molecule has 0 bridgehead atoms. The molecule has 0 heterocycles. The van der Waals surface area contributed by atoms with E-state index < -0.39 is 0 Å². The molecule has 0 amide bonds. The Bertz CT molecular complexity index is 307. The van der Waals surface area contributed by atoms with Crippen molar-refractivity contribution in [3.05, 3.63) is 35.1 Å². The molecule has 78 valence electrons. The zero-order valence-electron chi connectivity index (χ0n) is 8.85. The summed E-state index contributed by atoms with van der Waals surface area (Å²) in [5, 5.41) is 0.0879. The first-order valence-electron chi connectivity index (χ1n) is 4.91. The Morgan fingerprint density at radius 1 is 1.36 bits per heavy atom. The van der Waals surface area contributed by atoms with Crippen molar-refractivity contribution >= 4 is 11.6 Å². The molecule has 0 aliphatic rings. The van der Waals surface area contributed by atoms with Crippen LogP contribution in [0.15, 0.2) is 18.2 Å². The van der Waals surface area contributed by atoms with Crippen LogP contribution < -0.4 is 0 Å². The lowest BCUT2D eigenvalue weighted by Crippen LogP contribution is -2.03. The van der Waals surface area contributed by atoms with E-state index >= 15 is 0 Å². The number of rotatable bonds is 3. The van der Waals surface area contributed by atoms with Crippen LogP contribution in [0, 0.1) is 12.7 Å². The minimum Gasteiger partial charge on any atom is -0.207 e. The molecule has 2 atom stereocenters. The standard InChI is InChI=1S/C12H16ClF/c1-8-4-5-12(14)11(6-8)9(2)7-10(3)13/h4-6,9-10H,7H2,1-3H3. The molecule has 0 saturated heterocycles. The van der Waals surface area contributed by atoms with Crippen LogP contribution in [0.3, 0.4) is 0 Å². The van der Waals surface area contributed by atoms with Crippen molar-refractivity contribution in [2.24, 2.45) is 0 Å². The fraction of sp³-hybridized carbons (Fsp3) is 0.500. The zero-order chi connectivity index (χ0) is 10.7. The summed E-state index contributed by atoms with van der Waals surface area (Å²) in [5.41, 5.74) is 1.87. The number of halogens is 2. The van der Waals surface area contributed by atoms with Crippen LogP contribution in [-0.4, -0.2) is 5.38 Å². The average Bonchev–Trinajstić information content (AvgIpc) is 2.08. The van der Waals surface area contributed by atoms with Crippen molar-refractivity contribution < 1.29 is 4.39 Å². The van der Waals surface area contributed by atoms with Crippen LogP contribution in [0.4, 0.5) is 4.39 Å². The Kier molecular flexibility index (Phi) is 3.94. The summed E-state index contributed by atoms with van der Waals surface area (Å²) < 4.78 is 13.4. The number of hydrogen-bond acceptors (Lipinski definition) is 0. The summed E-state index contributed by atoms with van der Waals surface area (Å²) in [5.74, 6) is 0.0582. The highest BCUT2D eigenvalue weighted by Crippen LogP contribution is 2.25. The largest absolute Gasteiger partial charge is 0.207 e. The van der Waals surface area contributed by atoms with E-state index in [-0.39, 0.29) is 17.1 Å². The van der Waals surface area contributed by atoms with E-state index in [1.807, 2.05) is 26.8 Å². The van der Waals surface area contributed by atoms with Crippen molar-refractivity contribution in [3.63, 3.8) is 0 Å². The third-order valence-corrected chi connectivity index (χ3v) is 2.54. The smallest absolute Gasteiger partial charge is 0.126 e. The van der Waals surface area contributed by atoms with Gasteiger partial charge in [0.1, 0.15) is 5.82 Å². The molecule has 1 aromatic rings. The summed E-state index contributed by atoms with van der Waals surface area (Å²) in [4.78, 5) is 0. The molecule has 14 heavy (non-hydrogen) atoms. The number of aryl methyl sites for hydroxylation is 1. The Labute approximate surface area is 90.1 Å². The van der Waals surface area contributed by atoms with Gasteiger partial charge < -0.3 is 0 Å². The van der Waals surface area contributed by atoms with Crippen LogP contribution in [0.1, 0.15) is 37.3 Å². The first kappa shape index (κ1) is 11.5. The molecule has 0 aromatic heterocycles. The number of hydrogen-bond donors (Lipinski definition) is 0. The first-order chi connectivity index (χ1) is 6.50. The Morgan fingerprint density at radius 2 is 2.00 bits per heavy atom. The molecule has 1 aromatic carbocycles. The highest BCUT2D eigenvalue weighted by Gasteiger charge is 2.13. The van der Waals surface area contributed by atoms with Gasteiger partial charge in [0.25, 0.3) is 0 Å². The summed E-state index contributed by atoms with van der Waals surface area (Å²) in [6, 6.07) is 5.22. The average molecular weight is 215 g/mol. The van der Waals surface area contributed by atoms with Gasteiger partial charge >= 0.3 is 0 Å². The minimum atomic E-state index is -0.125. The lowest BCUT2D eigenvalue weighted by molar-refractivity contribution is 0.572. The van der Waals surface area contributed by atoms with Crippen LogP contribution in [0.2, 0.25) is 0 Å². The van der Waals surface area contributed by atoms with Crippen molar-refractivity contribution in [1.82, 2.24) is 0 Å². The topological polar surface area (TPSA) is 0 Å². The Morgan fingerprint density at radius 3 is 2.57 bits per heavy atom. The molecule has 0 radical (unpaired) electrons. The third-order valence-electron chi connectivity index (χ3n) is 2.36. The zero-order valence-corrected chi connectivity index (χ0v) is 9.61. The maximum absolute atomic E-state index is 13.4. The first-order valence-corrected chi connectivity index (χ1v) is 5.34. The molecule has 0 saturated carbocycles. The predicted octanol–water partition coefficient (Wildman–Crippen LogP) is 4.26. The van der Waals surface area contributed by atoms with Crippen molar-refractivity contribution in [2.45, 2.75) is 38.5 Å². The van der Waals surface area contributed by atoms with E-state index in [2.05, 4.69) is 0 Å². The van der Waals surface area contributed by atoms with E-state index in [1.54, 1.807) is 6.07 Å². The second-order valence-corrected chi connectivity index (χ2v) is 4.69. The van der Waals surface area contributed by atoms with Gasteiger partial charge in [-0.1, -0.05) is 24.6 Å². The van der Waals surface area contributed by atoms with Gasteiger partial charge in [-0.25, -0.2) is 4.39 Å². The molecular formula is C12H16ClF. The van der Waals surface area contributed by atoms with Gasteiger partial charge in [-0.3, -0.25) is 0 Å². The summed E-state index contributed by atoms with van der Waals surface area (Å²) in [6.45, 7) is 5.92. The van der Waals surface area contributed by atoms with Gasteiger partial charge in [0.05, 0.1) is 0 Å². The molecule has 2 heteroatoms. The molecule has 0 aliphatic carbocycles. The highest BCUT2D eigenvalue weighted by molar-refractivity contribution is 6.20. The molecule has 0 N–H and O–H groups in total. The van der Waals surface area contributed by atoms with Crippen LogP contribution in [0.25, 0.3) is 0 Å². The fourth-order valence-corrected chi connectivity index (χ4v) is 1.92. The van der Waals surface area contributed by atoms with Gasteiger partial charge in [0.15, 0.2) is 0 Å². The van der Waals surface area contributed by atoms with Gasteiger partial charge in [0, 0.05) is 5.38 Å². The normalized spacial score (nSPS) is 15.2. The van der Waals surface area contributed by atoms with E-state index in [9.17, 15) is 4.39 Å². The van der Waals surface area contributed by atoms with Gasteiger partial charge in [-0.05, 0) is 37.8 Å². The summed E-state index contributed by atoms with van der Waals surface area (Å²) >= 11 is 5.89. The lowest BCUT2D eigenvalue weighted by atomic mass is 9.94. The summed E-state index contributed by atoms with van der Waals surface area (Å²) in [6.07, 6.45) is 0.807. The van der Waals surface area contributed by atoms with E-state index in [1.165, 1.54) is 6.07 Å². The summed E-state index contributed by atoms with van der Waals surface area (Å²) in [7, 11) is 0. The number of benzene rings is 1. The quantitative estimate of drug-likeness (QED) is 0.660. The maximum atomic E-state index is 13.4. The van der Waals surface area contributed by atoms with E-state index in [0.29, 0.717) is 0 Å². The molecule has 2 unspecified atom stereocenters. The second-order valence-electron chi connectivity index (χ2n) is 3.94.